The number of amides is 2. The molecule has 114 valence electrons. The number of esters is 1. The van der Waals surface area contributed by atoms with Crippen LogP contribution in [0.15, 0.2) is 24.3 Å². The Balaban J connectivity index is 2.77. The predicted molar refractivity (Wildman–Crippen MR) is 78.9 cm³/mol. The molecule has 1 atom stereocenters. The first-order valence-corrected chi connectivity index (χ1v) is 6.61. The number of nitrogens with one attached hydrogen (secondary N) is 2. The van der Waals surface area contributed by atoms with Gasteiger partial charge in [-0.05, 0) is 30.2 Å². The minimum absolute atomic E-state index is 0.0387. The molecule has 6 nitrogen and oxygen atoms in total. The van der Waals surface area contributed by atoms with Crippen LogP contribution in [0.5, 0.6) is 0 Å². The first-order valence-electron chi connectivity index (χ1n) is 6.61. The zero-order chi connectivity index (χ0) is 16.0. The van der Waals surface area contributed by atoms with Gasteiger partial charge in [-0.3, -0.25) is 9.59 Å². The van der Waals surface area contributed by atoms with E-state index in [0.717, 1.165) is 0 Å². The van der Waals surface area contributed by atoms with Crippen molar-refractivity contribution in [3.8, 4) is 0 Å². The second kappa shape index (κ2) is 7.42. The van der Waals surface area contributed by atoms with Gasteiger partial charge in [-0.25, -0.2) is 4.79 Å². The van der Waals surface area contributed by atoms with Gasteiger partial charge in [-0.15, -0.1) is 0 Å². The highest BCUT2D eigenvalue weighted by molar-refractivity contribution is 5.97. The Bertz CT molecular complexity index is 523. The summed E-state index contributed by atoms with van der Waals surface area (Å²) in [7, 11) is 1.30. The standard InChI is InChI=1S/C15H20N2O4/c1-9(2)13(16-10(3)18)14(19)17-12-7-5-11(6-8-12)15(20)21-4/h5-9,13H,1-4H3,(H,16,18)(H,17,19)/t13-/m0/s1. The van der Waals surface area contributed by atoms with Crippen LogP contribution in [0.3, 0.4) is 0 Å². The van der Waals surface area contributed by atoms with E-state index in [0.29, 0.717) is 11.3 Å². The second-order valence-corrected chi connectivity index (χ2v) is 4.98. The number of hydrogen-bond donors (Lipinski definition) is 2. The molecule has 2 N–H and O–H groups in total. The third kappa shape index (κ3) is 4.91. The fraction of sp³-hybridized carbons (Fsp3) is 0.400. The topological polar surface area (TPSA) is 84.5 Å². The lowest BCUT2D eigenvalue weighted by atomic mass is 10.0. The lowest BCUT2D eigenvalue weighted by Gasteiger charge is -2.20. The van der Waals surface area contributed by atoms with E-state index >= 15 is 0 Å². The van der Waals surface area contributed by atoms with E-state index in [1.807, 2.05) is 13.8 Å². The van der Waals surface area contributed by atoms with Crippen molar-refractivity contribution in [1.29, 1.82) is 0 Å². The summed E-state index contributed by atoms with van der Waals surface area (Å²) >= 11 is 0. The van der Waals surface area contributed by atoms with Crippen molar-refractivity contribution in [2.75, 3.05) is 12.4 Å². The maximum absolute atomic E-state index is 12.1. The molecular weight excluding hydrogens is 272 g/mol. The van der Waals surface area contributed by atoms with Gasteiger partial charge in [0, 0.05) is 12.6 Å². The molecule has 0 saturated heterocycles. The molecule has 0 unspecified atom stereocenters. The van der Waals surface area contributed by atoms with Gasteiger partial charge in [0.25, 0.3) is 0 Å². The van der Waals surface area contributed by atoms with E-state index in [1.165, 1.54) is 14.0 Å². The first kappa shape index (κ1) is 16.7. The average molecular weight is 292 g/mol. The molecule has 0 aromatic heterocycles. The number of ether oxygens (including phenoxy) is 1. The lowest BCUT2D eigenvalue weighted by Crippen LogP contribution is -2.46. The van der Waals surface area contributed by atoms with Crippen molar-refractivity contribution >= 4 is 23.5 Å². The van der Waals surface area contributed by atoms with Gasteiger partial charge in [0.05, 0.1) is 12.7 Å². The molecule has 1 aromatic carbocycles. The summed E-state index contributed by atoms with van der Waals surface area (Å²) in [5.74, 6) is -1.04. The summed E-state index contributed by atoms with van der Waals surface area (Å²) in [6.45, 7) is 5.06. The van der Waals surface area contributed by atoms with E-state index in [2.05, 4.69) is 15.4 Å². The first-order chi connectivity index (χ1) is 9.85. The maximum Gasteiger partial charge on any atom is 0.337 e. The normalized spacial score (nSPS) is 11.7. The van der Waals surface area contributed by atoms with Crippen LogP contribution in [0.4, 0.5) is 5.69 Å². The van der Waals surface area contributed by atoms with Crippen molar-refractivity contribution in [1.82, 2.24) is 5.32 Å². The van der Waals surface area contributed by atoms with Gasteiger partial charge in [0.1, 0.15) is 6.04 Å². The number of methoxy groups -OCH3 is 1. The molecule has 0 fully saturated rings. The highest BCUT2D eigenvalue weighted by atomic mass is 16.5. The van der Waals surface area contributed by atoms with Gasteiger partial charge in [0.15, 0.2) is 0 Å². The Morgan fingerprint density at radius 1 is 1.10 bits per heavy atom. The summed E-state index contributed by atoms with van der Waals surface area (Å²) in [5.41, 5.74) is 0.946. The van der Waals surface area contributed by atoms with Crippen molar-refractivity contribution in [2.24, 2.45) is 5.92 Å². The van der Waals surface area contributed by atoms with Gasteiger partial charge >= 0.3 is 5.97 Å². The van der Waals surface area contributed by atoms with Crippen LogP contribution in [0.25, 0.3) is 0 Å². The van der Waals surface area contributed by atoms with Crippen LogP contribution in [0.2, 0.25) is 0 Å². The van der Waals surface area contributed by atoms with Gasteiger partial charge in [-0.1, -0.05) is 13.8 Å². The largest absolute Gasteiger partial charge is 0.465 e. The number of benzene rings is 1. The number of anilines is 1. The minimum atomic E-state index is -0.609. The van der Waals surface area contributed by atoms with Crippen molar-refractivity contribution in [3.63, 3.8) is 0 Å². The summed E-state index contributed by atoms with van der Waals surface area (Å²) < 4.78 is 4.60. The summed E-state index contributed by atoms with van der Waals surface area (Å²) in [6.07, 6.45) is 0. The lowest BCUT2D eigenvalue weighted by molar-refractivity contribution is -0.126. The molecule has 0 aliphatic heterocycles. The van der Waals surface area contributed by atoms with E-state index in [9.17, 15) is 14.4 Å². The Morgan fingerprint density at radius 3 is 2.10 bits per heavy atom. The van der Waals surface area contributed by atoms with Crippen LogP contribution in [0, 0.1) is 5.92 Å². The molecule has 0 saturated carbocycles. The van der Waals surface area contributed by atoms with Crippen LogP contribution < -0.4 is 10.6 Å². The highest BCUT2D eigenvalue weighted by Gasteiger charge is 2.23. The van der Waals surface area contributed by atoms with Crippen LogP contribution >= 0.6 is 0 Å². The van der Waals surface area contributed by atoms with E-state index < -0.39 is 12.0 Å². The third-order valence-corrected chi connectivity index (χ3v) is 2.88. The minimum Gasteiger partial charge on any atom is -0.465 e. The smallest absolute Gasteiger partial charge is 0.337 e. The summed E-state index contributed by atoms with van der Waals surface area (Å²) in [6, 6.07) is 5.72. The molecule has 0 radical (unpaired) electrons. The molecule has 0 heterocycles. The Hall–Kier alpha value is -2.37. The predicted octanol–water partition coefficient (Wildman–Crippen LogP) is 1.57. The van der Waals surface area contributed by atoms with Crippen LogP contribution in [0.1, 0.15) is 31.1 Å². The Kier molecular flexibility index (Phi) is 5.90. The molecule has 0 aliphatic carbocycles. The Morgan fingerprint density at radius 2 is 1.67 bits per heavy atom. The average Bonchev–Trinajstić information content (AvgIpc) is 2.44. The number of rotatable bonds is 5. The molecular formula is C15H20N2O4. The zero-order valence-electron chi connectivity index (χ0n) is 12.6. The molecule has 0 bridgehead atoms. The highest BCUT2D eigenvalue weighted by Crippen LogP contribution is 2.12. The molecule has 6 heteroatoms. The second-order valence-electron chi connectivity index (χ2n) is 4.98. The van der Waals surface area contributed by atoms with Gasteiger partial charge < -0.3 is 15.4 Å². The fourth-order valence-electron chi connectivity index (χ4n) is 1.78. The molecule has 2 amide bonds. The summed E-state index contributed by atoms with van der Waals surface area (Å²) in [4.78, 5) is 34.6. The monoisotopic (exact) mass is 292 g/mol. The van der Waals surface area contributed by atoms with Crippen LogP contribution in [-0.2, 0) is 14.3 Å². The quantitative estimate of drug-likeness (QED) is 0.807. The molecule has 1 rings (SSSR count). The van der Waals surface area contributed by atoms with E-state index in [1.54, 1.807) is 24.3 Å². The van der Waals surface area contributed by atoms with Gasteiger partial charge in [0.2, 0.25) is 11.8 Å². The van der Waals surface area contributed by atoms with Crippen molar-refractivity contribution < 1.29 is 19.1 Å². The third-order valence-electron chi connectivity index (χ3n) is 2.88. The van der Waals surface area contributed by atoms with E-state index in [4.69, 9.17) is 0 Å². The van der Waals surface area contributed by atoms with E-state index in [-0.39, 0.29) is 17.7 Å². The Labute approximate surface area is 123 Å². The van der Waals surface area contributed by atoms with Crippen LogP contribution in [-0.4, -0.2) is 30.9 Å². The molecule has 0 aliphatic rings. The zero-order valence-corrected chi connectivity index (χ0v) is 12.6. The van der Waals surface area contributed by atoms with Gasteiger partial charge in [-0.2, -0.15) is 0 Å². The number of carbonyl (C=O) groups is 3. The molecule has 1 aromatic rings. The molecule has 21 heavy (non-hydrogen) atoms. The number of hydrogen-bond acceptors (Lipinski definition) is 4. The SMILES string of the molecule is COC(=O)c1ccc(NC(=O)[C@@H](NC(C)=O)C(C)C)cc1. The number of carbonyl (C=O) groups excluding carboxylic acids is 3. The maximum atomic E-state index is 12.1. The van der Waals surface area contributed by atoms with Crippen molar-refractivity contribution in [2.45, 2.75) is 26.8 Å². The van der Waals surface area contributed by atoms with Crippen molar-refractivity contribution in [3.05, 3.63) is 29.8 Å². The summed E-state index contributed by atoms with van der Waals surface area (Å²) in [5, 5.41) is 5.32. The fourth-order valence-corrected chi connectivity index (χ4v) is 1.78. The molecule has 0 spiro atoms.